The van der Waals surface area contributed by atoms with Crippen molar-refractivity contribution >= 4 is 21.6 Å². The normalized spacial score (nSPS) is 10.7. The molecule has 0 radical (unpaired) electrons. The van der Waals surface area contributed by atoms with Gasteiger partial charge in [-0.05, 0) is 35.4 Å². The van der Waals surface area contributed by atoms with Crippen molar-refractivity contribution < 1.29 is 4.74 Å². The van der Waals surface area contributed by atoms with E-state index in [2.05, 4.69) is 38.6 Å². The van der Waals surface area contributed by atoms with Gasteiger partial charge in [-0.25, -0.2) is 4.68 Å². The Morgan fingerprint density at radius 2 is 2.26 bits per heavy atom. The first kappa shape index (κ1) is 16.1. The molecule has 108 valence electrons. The standard InChI is InChI=1S/C12H21BrN4O2/c1-3-14-5-4-6-15-10-9-16-17(7-8-19-2)12(18)11(10)13/h9,14-15H,3-8H2,1-2H3. The lowest BCUT2D eigenvalue weighted by Gasteiger charge is -2.10. The van der Waals surface area contributed by atoms with Crippen LogP contribution >= 0.6 is 15.9 Å². The molecule has 1 aromatic rings. The summed E-state index contributed by atoms with van der Waals surface area (Å²) in [4.78, 5) is 12.0. The Morgan fingerprint density at radius 3 is 2.95 bits per heavy atom. The predicted molar refractivity (Wildman–Crippen MR) is 79.7 cm³/mol. The van der Waals surface area contributed by atoms with Gasteiger partial charge in [0, 0.05) is 13.7 Å². The van der Waals surface area contributed by atoms with Gasteiger partial charge in [0.05, 0.1) is 25.0 Å². The van der Waals surface area contributed by atoms with Crippen LogP contribution in [0.25, 0.3) is 0 Å². The van der Waals surface area contributed by atoms with Gasteiger partial charge in [0.2, 0.25) is 0 Å². The second-order valence-corrected chi connectivity index (χ2v) is 4.82. The fraction of sp³-hybridized carbons (Fsp3) is 0.667. The Morgan fingerprint density at radius 1 is 1.47 bits per heavy atom. The molecule has 0 aliphatic rings. The summed E-state index contributed by atoms with van der Waals surface area (Å²) in [5.41, 5.74) is 0.587. The van der Waals surface area contributed by atoms with Crippen molar-refractivity contribution in [2.45, 2.75) is 19.9 Å². The molecule has 2 N–H and O–H groups in total. The predicted octanol–water partition coefficient (Wildman–Crippen LogP) is 1.06. The quantitative estimate of drug-likeness (QED) is 0.662. The van der Waals surface area contributed by atoms with Gasteiger partial charge in [-0.2, -0.15) is 5.10 Å². The lowest BCUT2D eigenvalue weighted by atomic mass is 10.4. The van der Waals surface area contributed by atoms with E-state index < -0.39 is 0 Å². The van der Waals surface area contributed by atoms with Crippen molar-refractivity contribution in [1.29, 1.82) is 0 Å². The molecule has 1 rings (SSSR count). The van der Waals surface area contributed by atoms with E-state index in [0.29, 0.717) is 17.6 Å². The van der Waals surface area contributed by atoms with Crippen LogP contribution in [0.1, 0.15) is 13.3 Å². The summed E-state index contributed by atoms with van der Waals surface area (Å²) in [6.07, 6.45) is 2.65. The number of nitrogens with zero attached hydrogens (tertiary/aromatic N) is 2. The van der Waals surface area contributed by atoms with Crippen molar-refractivity contribution in [2.75, 3.05) is 38.7 Å². The third-order valence-electron chi connectivity index (χ3n) is 2.59. The maximum absolute atomic E-state index is 12.0. The zero-order chi connectivity index (χ0) is 14.1. The van der Waals surface area contributed by atoms with Gasteiger partial charge in [-0.1, -0.05) is 6.92 Å². The highest BCUT2D eigenvalue weighted by Crippen LogP contribution is 2.15. The minimum atomic E-state index is -0.145. The first-order valence-electron chi connectivity index (χ1n) is 6.39. The van der Waals surface area contributed by atoms with Crippen LogP contribution in [-0.4, -0.2) is 43.1 Å². The summed E-state index contributed by atoms with van der Waals surface area (Å²) in [6, 6.07) is 0. The Hall–Kier alpha value is -0.920. The van der Waals surface area contributed by atoms with Gasteiger partial charge in [0.1, 0.15) is 4.47 Å². The van der Waals surface area contributed by atoms with Crippen molar-refractivity contribution in [1.82, 2.24) is 15.1 Å². The molecule has 0 atom stereocenters. The van der Waals surface area contributed by atoms with E-state index in [9.17, 15) is 4.79 Å². The van der Waals surface area contributed by atoms with Gasteiger partial charge in [0.15, 0.2) is 0 Å². The lowest BCUT2D eigenvalue weighted by molar-refractivity contribution is 0.181. The van der Waals surface area contributed by atoms with Gasteiger partial charge < -0.3 is 15.4 Å². The number of hydrogen-bond donors (Lipinski definition) is 2. The molecular formula is C12H21BrN4O2. The smallest absolute Gasteiger partial charge is 0.283 e. The fourth-order valence-electron chi connectivity index (χ4n) is 1.54. The summed E-state index contributed by atoms with van der Waals surface area (Å²) in [7, 11) is 1.60. The van der Waals surface area contributed by atoms with Crippen LogP contribution in [0.2, 0.25) is 0 Å². The largest absolute Gasteiger partial charge is 0.383 e. The minimum Gasteiger partial charge on any atom is -0.383 e. The van der Waals surface area contributed by atoms with Crippen molar-refractivity contribution in [3.8, 4) is 0 Å². The number of aromatic nitrogens is 2. The van der Waals surface area contributed by atoms with E-state index >= 15 is 0 Å². The third-order valence-corrected chi connectivity index (χ3v) is 3.35. The summed E-state index contributed by atoms with van der Waals surface area (Å²) in [5, 5.41) is 10.6. The molecule has 0 aliphatic carbocycles. The van der Waals surface area contributed by atoms with E-state index in [1.807, 2.05) is 0 Å². The van der Waals surface area contributed by atoms with Crippen LogP contribution in [0.4, 0.5) is 5.69 Å². The highest BCUT2D eigenvalue weighted by molar-refractivity contribution is 9.10. The molecule has 1 heterocycles. The molecule has 0 saturated carbocycles. The number of hydrogen-bond acceptors (Lipinski definition) is 5. The Labute approximate surface area is 121 Å². The van der Waals surface area contributed by atoms with Crippen LogP contribution in [0.5, 0.6) is 0 Å². The second kappa shape index (κ2) is 9.06. The van der Waals surface area contributed by atoms with Crippen LogP contribution in [0.15, 0.2) is 15.5 Å². The van der Waals surface area contributed by atoms with Crippen LogP contribution in [0, 0.1) is 0 Å². The zero-order valence-corrected chi connectivity index (χ0v) is 13.0. The van der Waals surface area contributed by atoms with Crippen LogP contribution in [-0.2, 0) is 11.3 Å². The highest BCUT2D eigenvalue weighted by atomic mass is 79.9. The summed E-state index contributed by atoms with van der Waals surface area (Å²) >= 11 is 3.31. The molecular weight excluding hydrogens is 312 g/mol. The Kier molecular flexibility index (Phi) is 7.69. The summed E-state index contributed by atoms with van der Waals surface area (Å²) in [5.74, 6) is 0. The number of halogens is 1. The second-order valence-electron chi connectivity index (χ2n) is 4.03. The number of methoxy groups -OCH3 is 1. The molecule has 0 aromatic carbocycles. The molecule has 0 amide bonds. The molecule has 0 saturated heterocycles. The first-order chi connectivity index (χ1) is 9.20. The SMILES string of the molecule is CCNCCCNc1cnn(CCOC)c(=O)c1Br. The maximum atomic E-state index is 12.0. The maximum Gasteiger partial charge on any atom is 0.283 e. The molecule has 0 fully saturated rings. The van der Waals surface area contributed by atoms with Crippen LogP contribution in [0.3, 0.4) is 0 Å². The van der Waals surface area contributed by atoms with Crippen molar-refractivity contribution in [2.24, 2.45) is 0 Å². The van der Waals surface area contributed by atoms with Crippen LogP contribution < -0.4 is 16.2 Å². The summed E-state index contributed by atoms with van der Waals surface area (Å²) in [6.45, 7) is 5.73. The van der Waals surface area contributed by atoms with Gasteiger partial charge in [0.25, 0.3) is 5.56 Å². The van der Waals surface area contributed by atoms with E-state index in [0.717, 1.165) is 31.7 Å². The molecule has 0 bridgehead atoms. The molecule has 0 aliphatic heterocycles. The number of nitrogens with one attached hydrogen (secondary N) is 2. The molecule has 0 unspecified atom stereocenters. The van der Waals surface area contributed by atoms with E-state index in [1.165, 1.54) is 4.68 Å². The molecule has 6 nitrogen and oxygen atoms in total. The van der Waals surface area contributed by atoms with E-state index in [1.54, 1.807) is 13.3 Å². The van der Waals surface area contributed by atoms with E-state index in [-0.39, 0.29) is 5.56 Å². The Balaban J connectivity index is 2.56. The summed E-state index contributed by atoms with van der Waals surface area (Å²) < 4.78 is 6.84. The topological polar surface area (TPSA) is 68.2 Å². The monoisotopic (exact) mass is 332 g/mol. The zero-order valence-electron chi connectivity index (χ0n) is 11.4. The average Bonchev–Trinajstić information content (AvgIpc) is 2.42. The van der Waals surface area contributed by atoms with Gasteiger partial charge in [-0.3, -0.25) is 4.79 Å². The minimum absolute atomic E-state index is 0.145. The number of rotatable bonds is 9. The van der Waals surface area contributed by atoms with Crippen molar-refractivity contribution in [3.05, 3.63) is 21.0 Å². The highest BCUT2D eigenvalue weighted by Gasteiger charge is 2.07. The Bertz CT molecular complexity index is 436. The first-order valence-corrected chi connectivity index (χ1v) is 7.19. The molecule has 7 heteroatoms. The third kappa shape index (κ3) is 5.30. The lowest BCUT2D eigenvalue weighted by Crippen LogP contribution is -2.26. The average molecular weight is 333 g/mol. The van der Waals surface area contributed by atoms with E-state index in [4.69, 9.17) is 4.74 Å². The van der Waals surface area contributed by atoms with Crippen molar-refractivity contribution in [3.63, 3.8) is 0 Å². The molecule has 0 spiro atoms. The number of ether oxygens (including phenoxy) is 1. The van der Waals surface area contributed by atoms with Gasteiger partial charge in [-0.15, -0.1) is 0 Å². The molecule has 1 aromatic heterocycles. The fourth-order valence-corrected chi connectivity index (χ4v) is 1.99. The molecule has 19 heavy (non-hydrogen) atoms. The number of anilines is 1. The van der Waals surface area contributed by atoms with Gasteiger partial charge >= 0.3 is 0 Å².